The number of amides is 2. The number of carbonyl (C=O) groups is 3. The number of hydrogen-bond acceptors (Lipinski definition) is 3. The van der Waals surface area contributed by atoms with E-state index >= 15 is 0 Å². The standard InChI is InChI=1S/C16H20N2O4/c1-11(7-15(20)21)17-16(22)13-8-14(19)18(10-13)9-12-5-3-2-4-6-12/h2-6,11,13H,7-10H2,1H3,(H,17,22)(H,20,21). The van der Waals surface area contributed by atoms with Crippen molar-refractivity contribution in [2.45, 2.75) is 32.4 Å². The van der Waals surface area contributed by atoms with Crippen LogP contribution in [0.1, 0.15) is 25.3 Å². The van der Waals surface area contributed by atoms with E-state index < -0.39 is 17.9 Å². The Labute approximate surface area is 129 Å². The van der Waals surface area contributed by atoms with Gasteiger partial charge in [0, 0.05) is 25.6 Å². The average Bonchev–Trinajstić information content (AvgIpc) is 2.80. The Hall–Kier alpha value is -2.37. The molecule has 2 N–H and O–H groups in total. The van der Waals surface area contributed by atoms with Crippen LogP contribution >= 0.6 is 0 Å². The van der Waals surface area contributed by atoms with Crippen molar-refractivity contribution in [3.05, 3.63) is 35.9 Å². The predicted molar refractivity (Wildman–Crippen MR) is 79.8 cm³/mol. The smallest absolute Gasteiger partial charge is 0.305 e. The number of rotatable bonds is 6. The molecule has 118 valence electrons. The first kappa shape index (κ1) is 16.0. The highest BCUT2D eigenvalue weighted by molar-refractivity contribution is 5.89. The Morgan fingerprint density at radius 2 is 2.05 bits per heavy atom. The lowest BCUT2D eigenvalue weighted by atomic mass is 10.1. The zero-order chi connectivity index (χ0) is 16.1. The zero-order valence-corrected chi connectivity index (χ0v) is 12.5. The van der Waals surface area contributed by atoms with E-state index in [0.29, 0.717) is 13.1 Å². The lowest BCUT2D eigenvalue weighted by Gasteiger charge is -2.18. The highest BCUT2D eigenvalue weighted by atomic mass is 16.4. The van der Waals surface area contributed by atoms with Gasteiger partial charge in [0.2, 0.25) is 11.8 Å². The lowest BCUT2D eigenvalue weighted by molar-refractivity contribution is -0.137. The molecule has 1 saturated heterocycles. The SMILES string of the molecule is CC(CC(=O)O)NC(=O)C1CC(=O)N(Cc2ccccc2)C1. The second-order valence-corrected chi connectivity index (χ2v) is 5.67. The van der Waals surface area contributed by atoms with E-state index in [1.807, 2.05) is 30.3 Å². The van der Waals surface area contributed by atoms with Crippen molar-refractivity contribution in [3.8, 4) is 0 Å². The van der Waals surface area contributed by atoms with Gasteiger partial charge in [0.05, 0.1) is 12.3 Å². The van der Waals surface area contributed by atoms with E-state index in [1.165, 1.54) is 0 Å². The fraction of sp³-hybridized carbons (Fsp3) is 0.438. The average molecular weight is 304 g/mol. The number of carbonyl (C=O) groups excluding carboxylic acids is 2. The van der Waals surface area contributed by atoms with Gasteiger partial charge in [-0.3, -0.25) is 14.4 Å². The minimum atomic E-state index is -0.957. The molecule has 1 fully saturated rings. The van der Waals surface area contributed by atoms with Crippen LogP contribution in [0.5, 0.6) is 0 Å². The molecule has 1 heterocycles. The molecule has 6 nitrogen and oxygen atoms in total. The van der Waals surface area contributed by atoms with E-state index in [2.05, 4.69) is 5.32 Å². The third-order valence-corrected chi connectivity index (χ3v) is 3.67. The number of nitrogens with zero attached hydrogens (tertiary/aromatic N) is 1. The first-order chi connectivity index (χ1) is 10.5. The molecule has 22 heavy (non-hydrogen) atoms. The van der Waals surface area contributed by atoms with Crippen molar-refractivity contribution in [2.75, 3.05) is 6.54 Å². The monoisotopic (exact) mass is 304 g/mol. The van der Waals surface area contributed by atoms with E-state index in [0.717, 1.165) is 5.56 Å². The number of carboxylic acid groups (broad SMARTS) is 1. The number of aliphatic carboxylic acids is 1. The zero-order valence-electron chi connectivity index (χ0n) is 12.5. The maximum Gasteiger partial charge on any atom is 0.305 e. The number of likely N-dealkylation sites (tertiary alicyclic amines) is 1. The van der Waals surface area contributed by atoms with Crippen molar-refractivity contribution in [3.63, 3.8) is 0 Å². The van der Waals surface area contributed by atoms with E-state index in [9.17, 15) is 14.4 Å². The number of nitrogens with one attached hydrogen (secondary N) is 1. The van der Waals surface area contributed by atoms with Crippen molar-refractivity contribution in [2.24, 2.45) is 5.92 Å². The summed E-state index contributed by atoms with van der Waals surface area (Å²) in [5, 5.41) is 11.4. The van der Waals surface area contributed by atoms with Crippen LogP contribution in [0.3, 0.4) is 0 Å². The van der Waals surface area contributed by atoms with Crippen LogP contribution < -0.4 is 5.32 Å². The second kappa shape index (κ2) is 7.06. The molecule has 0 spiro atoms. The van der Waals surface area contributed by atoms with Gasteiger partial charge in [-0.2, -0.15) is 0 Å². The van der Waals surface area contributed by atoms with Crippen molar-refractivity contribution in [1.82, 2.24) is 10.2 Å². The molecule has 0 bridgehead atoms. The third kappa shape index (κ3) is 4.31. The normalized spacial score (nSPS) is 19.0. The highest BCUT2D eigenvalue weighted by Crippen LogP contribution is 2.20. The van der Waals surface area contributed by atoms with E-state index in [1.54, 1.807) is 11.8 Å². The molecule has 2 unspecified atom stereocenters. The number of benzene rings is 1. The van der Waals surface area contributed by atoms with Gasteiger partial charge in [0.25, 0.3) is 0 Å². The second-order valence-electron chi connectivity index (χ2n) is 5.67. The molecule has 1 aromatic carbocycles. The van der Waals surface area contributed by atoms with E-state index in [4.69, 9.17) is 5.11 Å². The van der Waals surface area contributed by atoms with E-state index in [-0.39, 0.29) is 24.7 Å². The summed E-state index contributed by atoms with van der Waals surface area (Å²) in [6.07, 6.45) is 0.0542. The Morgan fingerprint density at radius 3 is 2.68 bits per heavy atom. The third-order valence-electron chi connectivity index (χ3n) is 3.67. The van der Waals surface area contributed by atoms with Gasteiger partial charge in [0.1, 0.15) is 0 Å². The van der Waals surface area contributed by atoms with Crippen LogP contribution in [0.4, 0.5) is 0 Å². The highest BCUT2D eigenvalue weighted by Gasteiger charge is 2.34. The van der Waals surface area contributed by atoms with Crippen LogP contribution in [0.2, 0.25) is 0 Å². The maximum absolute atomic E-state index is 12.1. The summed E-state index contributed by atoms with van der Waals surface area (Å²) in [4.78, 5) is 36.4. The molecule has 2 rings (SSSR count). The molecule has 1 aromatic rings. The topological polar surface area (TPSA) is 86.7 Å². The summed E-state index contributed by atoms with van der Waals surface area (Å²) in [7, 11) is 0. The fourth-order valence-electron chi connectivity index (χ4n) is 2.58. The van der Waals surface area contributed by atoms with Gasteiger partial charge in [-0.15, -0.1) is 0 Å². The van der Waals surface area contributed by atoms with Crippen molar-refractivity contribution >= 4 is 17.8 Å². The summed E-state index contributed by atoms with van der Waals surface area (Å²) in [5.74, 6) is -1.67. The molecule has 0 radical (unpaired) electrons. The Morgan fingerprint density at radius 1 is 1.36 bits per heavy atom. The minimum Gasteiger partial charge on any atom is -0.481 e. The summed E-state index contributed by atoms with van der Waals surface area (Å²) < 4.78 is 0. The predicted octanol–water partition coefficient (Wildman–Crippen LogP) is 1.01. The first-order valence-corrected chi connectivity index (χ1v) is 7.29. The first-order valence-electron chi connectivity index (χ1n) is 7.29. The molecule has 2 atom stereocenters. The molecule has 0 saturated carbocycles. The number of carboxylic acids is 1. The summed E-state index contributed by atoms with van der Waals surface area (Å²) >= 11 is 0. The largest absolute Gasteiger partial charge is 0.481 e. The molecule has 2 amide bonds. The summed E-state index contributed by atoms with van der Waals surface area (Å²) in [5.41, 5.74) is 1.02. The Balaban J connectivity index is 1.88. The van der Waals surface area contributed by atoms with Crippen molar-refractivity contribution < 1.29 is 19.5 Å². The maximum atomic E-state index is 12.1. The van der Waals surface area contributed by atoms with Crippen LogP contribution in [0.15, 0.2) is 30.3 Å². The lowest BCUT2D eigenvalue weighted by Crippen LogP contribution is -2.39. The van der Waals surface area contributed by atoms with Gasteiger partial charge in [-0.05, 0) is 12.5 Å². The van der Waals surface area contributed by atoms with Gasteiger partial charge < -0.3 is 15.3 Å². The summed E-state index contributed by atoms with van der Waals surface area (Å²) in [6.45, 7) is 2.51. The molecule has 0 aliphatic carbocycles. The van der Waals surface area contributed by atoms with Gasteiger partial charge in [0.15, 0.2) is 0 Å². The summed E-state index contributed by atoms with van der Waals surface area (Å²) in [6, 6.07) is 9.17. The van der Waals surface area contributed by atoms with Gasteiger partial charge in [-0.25, -0.2) is 0 Å². The molecule has 6 heteroatoms. The van der Waals surface area contributed by atoms with Crippen LogP contribution in [-0.2, 0) is 20.9 Å². The van der Waals surface area contributed by atoms with Crippen molar-refractivity contribution in [1.29, 1.82) is 0 Å². The minimum absolute atomic E-state index is 0.0464. The molecule has 0 aromatic heterocycles. The van der Waals surface area contributed by atoms with Gasteiger partial charge in [-0.1, -0.05) is 30.3 Å². The Kier molecular flexibility index (Phi) is 5.14. The van der Waals surface area contributed by atoms with Crippen LogP contribution in [0.25, 0.3) is 0 Å². The fourth-order valence-corrected chi connectivity index (χ4v) is 2.58. The van der Waals surface area contributed by atoms with Crippen LogP contribution in [0, 0.1) is 5.92 Å². The molecule has 1 aliphatic rings. The van der Waals surface area contributed by atoms with Crippen LogP contribution in [-0.4, -0.2) is 40.4 Å². The van der Waals surface area contributed by atoms with Gasteiger partial charge >= 0.3 is 5.97 Å². The molecular formula is C16H20N2O4. The number of hydrogen-bond donors (Lipinski definition) is 2. The Bertz CT molecular complexity index is 559. The molecule has 1 aliphatic heterocycles. The quantitative estimate of drug-likeness (QED) is 0.821. The molecular weight excluding hydrogens is 284 g/mol.